The van der Waals surface area contributed by atoms with Gasteiger partial charge in [-0.05, 0) is 24.5 Å². The number of pyridine rings is 1. The zero-order valence-corrected chi connectivity index (χ0v) is 16.1. The van der Waals surface area contributed by atoms with Crippen LogP contribution >= 0.6 is 0 Å². The summed E-state index contributed by atoms with van der Waals surface area (Å²) in [5.41, 5.74) is 4.90. The van der Waals surface area contributed by atoms with Crippen LogP contribution in [-0.2, 0) is 19.5 Å². The fourth-order valence-electron chi connectivity index (χ4n) is 4.24. The van der Waals surface area contributed by atoms with Crippen LogP contribution in [-0.4, -0.2) is 39.5 Å². The van der Waals surface area contributed by atoms with Gasteiger partial charge in [0.15, 0.2) is 5.82 Å². The van der Waals surface area contributed by atoms with Crippen molar-refractivity contribution in [2.75, 3.05) is 24.5 Å². The van der Waals surface area contributed by atoms with Crippen LogP contribution in [0.2, 0.25) is 0 Å². The first-order valence-corrected chi connectivity index (χ1v) is 10.2. The average Bonchev–Trinajstić information content (AvgIpc) is 3.29. The molecule has 0 atom stereocenters. The summed E-state index contributed by atoms with van der Waals surface area (Å²) in [5.74, 6) is 2.01. The van der Waals surface area contributed by atoms with E-state index in [0.717, 1.165) is 56.4 Å². The second-order valence-electron chi connectivity index (χ2n) is 7.68. The van der Waals surface area contributed by atoms with Gasteiger partial charge in [0, 0.05) is 62.7 Å². The van der Waals surface area contributed by atoms with Gasteiger partial charge in [0.05, 0.1) is 5.69 Å². The van der Waals surface area contributed by atoms with Gasteiger partial charge in [-0.3, -0.25) is 9.88 Å². The fraction of sp³-hybridized carbons (Fsp3) is 0.348. The minimum Gasteiger partial charge on any atom is -0.356 e. The van der Waals surface area contributed by atoms with E-state index in [1.807, 2.05) is 24.5 Å². The van der Waals surface area contributed by atoms with Gasteiger partial charge in [0.1, 0.15) is 5.82 Å². The summed E-state index contributed by atoms with van der Waals surface area (Å²) in [7, 11) is 0. The Labute approximate surface area is 166 Å². The van der Waals surface area contributed by atoms with E-state index in [4.69, 9.17) is 9.97 Å². The van der Waals surface area contributed by atoms with E-state index >= 15 is 0 Å². The number of hydrogen-bond acceptors (Lipinski definition) is 5. The van der Waals surface area contributed by atoms with Crippen LogP contribution in [0.15, 0.2) is 54.9 Å². The predicted molar refractivity (Wildman–Crippen MR) is 111 cm³/mol. The first-order valence-electron chi connectivity index (χ1n) is 10.2. The van der Waals surface area contributed by atoms with E-state index in [1.165, 1.54) is 29.7 Å². The molecular formula is C23H25N5. The summed E-state index contributed by atoms with van der Waals surface area (Å²) >= 11 is 0. The molecule has 0 spiro atoms. The lowest BCUT2D eigenvalue weighted by atomic mass is 10.0. The predicted octanol–water partition coefficient (Wildman–Crippen LogP) is 3.70. The number of benzene rings is 1. The topological polar surface area (TPSA) is 45.2 Å². The normalized spacial score (nSPS) is 16.9. The molecule has 2 aliphatic rings. The Bertz CT molecular complexity index is 936. The molecule has 142 valence electrons. The molecule has 5 rings (SSSR count). The quantitative estimate of drug-likeness (QED) is 0.700. The van der Waals surface area contributed by atoms with Crippen molar-refractivity contribution in [3.8, 4) is 11.4 Å². The Hall–Kier alpha value is -2.79. The summed E-state index contributed by atoms with van der Waals surface area (Å²) in [5, 5.41) is 0. The SMILES string of the molecule is c1ccc(-c2nc3c(c(N4CCCC4)n2)CN(Cc2cccnc2)CC3)cc1. The average molecular weight is 371 g/mol. The maximum atomic E-state index is 5.06. The molecule has 1 aromatic carbocycles. The van der Waals surface area contributed by atoms with Crippen molar-refractivity contribution in [1.29, 1.82) is 0 Å². The Morgan fingerprint density at radius 3 is 2.54 bits per heavy atom. The first-order chi connectivity index (χ1) is 13.9. The summed E-state index contributed by atoms with van der Waals surface area (Å²) in [6.07, 6.45) is 7.27. The van der Waals surface area contributed by atoms with E-state index in [-0.39, 0.29) is 0 Å². The molecule has 0 amide bonds. The molecule has 0 aliphatic carbocycles. The highest BCUT2D eigenvalue weighted by Crippen LogP contribution is 2.31. The molecule has 2 aromatic heterocycles. The van der Waals surface area contributed by atoms with Crippen LogP contribution in [0.3, 0.4) is 0 Å². The molecule has 0 saturated carbocycles. The molecule has 0 bridgehead atoms. The summed E-state index contributed by atoms with van der Waals surface area (Å²) < 4.78 is 0. The van der Waals surface area contributed by atoms with E-state index in [1.54, 1.807) is 0 Å². The van der Waals surface area contributed by atoms with Crippen LogP contribution in [0.25, 0.3) is 11.4 Å². The van der Waals surface area contributed by atoms with Gasteiger partial charge in [0.2, 0.25) is 0 Å². The van der Waals surface area contributed by atoms with Crippen LogP contribution in [0, 0.1) is 0 Å². The number of anilines is 1. The standard InChI is InChI=1S/C23H25N5/c1-2-8-19(9-3-1)22-25-21-10-14-27(16-18-7-6-11-24-15-18)17-20(21)23(26-22)28-12-4-5-13-28/h1-3,6-9,11,15H,4-5,10,12-14,16-17H2. The third kappa shape index (κ3) is 3.50. The van der Waals surface area contributed by atoms with Gasteiger partial charge in [-0.25, -0.2) is 9.97 Å². The Morgan fingerprint density at radius 2 is 1.75 bits per heavy atom. The number of fused-ring (bicyclic) bond motifs is 1. The van der Waals surface area contributed by atoms with Crippen molar-refractivity contribution < 1.29 is 0 Å². The molecule has 0 unspecified atom stereocenters. The van der Waals surface area contributed by atoms with Gasteiger partial charge >= 0.3 is 0 Å². The van der Waals surface area contributed by atoms with Gasteiger partial charge in [-0.1, -0.05) is 36.4 Å². The zero-order valence-electron chi connectivity index (χ0n) is 16.1. The Morgan fingerprint density at radius 1 is 0.893 bits per heavy atom. The molecule has 0 N–H and O–H groups in total. The van der Waals surface area contributed by atoms with Crippen molar-refractivity contribution in [2.24, 2.45) is 0 Å². The summed E-state index contributed by atoms with van der Waals surface area (Å²) in [4.78, 5) is 19.2. The number of aromatic nitrogens is 3. The number of rotatable bonds is 4. The van der Waals surface area contributed by atoms with Crippen molar-refractivity contribution in [1.82, 2.24) is 19.9 Å². The number of hydrogen-bond donors (Lipinski definition) is 0. The third-order valence-corrected chi connectivity index (χ3v) is 5.68. The molecular weight excluding hydrogens is 346 g/mol. The maximum Gasteiger partial charge on any atom is 0.161 e. The van der Waals surface area contributed by atoms with Gasteiger partial charge in [-0.2, -0.15) is 0 Å². The zero-order chi connectivity index (χ0) is 18.8. The molecule has 1 fully saturated rings. The number of nitrogens with zero attached hydrogens (tertiary/aromatic N) is 5. The summed E-state index contributed by atoms with van der Waals surface area (Å²) in [6.45, 7) is 5.05. The molecule has 5 nitrogen and oxygen atoms in total. The molecule has 5 heteroatoms. The lowest BCUT2D eigenvalue weighted by Crippen LogP contribution is -2.33. The van der Waals surface area contributed by atoms with Crippen molar-refractivity contribution in [3.63, 3.8) is 0 Å². The Balaban J connectivity index is 1.49. The van der Waals surface area contributed by atoms with Crippen molar-refractivity contribution in [3.05, 3.63) is 71.7 Å². The minimum atomic E-state index is 0.863. The van der Waals surface area contributed by atoms with Gasteiger partial charge < -0.3 is 4.90 Å². The minimum absolute atomic E-state index is 0.863. The lowest BCUT2D eigenvalue weighted by Gasteiger charge is -2.31. The second kappa shape index (κ2) is 7.68. The van der Waals surface area contributed by atoms with Crippen LogP contribution in [0.1, 0.15) is 29.7 Å². The van der Waals surface area contributed by atoms with E-state index in [9.17, 15) is 0 Å². The maximum absolute atomic E-state index is 5.06. The highest BCUT2D eigenvalue weighted by molar-refractivity contribution is 5.61. The highest BCUT2D eigenvalue weighted by atomic mass is 15.2. The smallest absolute Gasteiger partial charge is 0.161 e. The molecule has 2 aliphatic heterocycles. The van der Waals surface area contributed by atoms with Crippen molar-refractivity contribution >= 4 is 5.82 Å². The van der Waals surface area contributed by atoms with Crippen LogP contribution in [0.4, 0.5) is 5.82 Å². The van der Waals surface area contributed by atoms with Crippen molar-refractivity contribution in [2.45, 2.75) is 32.4 Å². The van der Waals surface area contributed by atoms with Crippen LogP contribution in [0.5, 0.6) is 0 Å². The van der Waals surface area contributed by atoms with E-state index < -0.39 is 0 Å². The second-order valence-corrected chi connectivity index (χ2v) is 7.68. The largest absolute Gasteiger partial charge is 0.356 e. The Kier molecular flexibility index (Phi) is 4.75. The molecule has 28 heavy (non-hydrogen) atoms. The first kappa shape index (κ1) is 17.3. The van der Waals surface area contributed by atoms with E-state index in [0.29, 0.717) is 0 Å². The third-order valence-electron chi connectivity index (χ3n) is 5.68. The monoisotopic (exact) mass is 371 g/mol. The molecule has 3 aromatic rings. The van der Waals surface area contributed by atoms with Gasteiger partial charge in [-0.15, -0.1) is 0 Å². The molecule has 1 saturated heterocycles. The summed E-state index contributed by atoms with van der Waals surface area (Å²) in [6, 6.07) is 14.5. The fourth-order valence-corrected chi connectivity index (χ4v) is 4.24. The van der Waals surface area contributed by atoms with Crippen LogP contribution < -0.4 is 4.90 Å². The lowest BCUT2D eigenvalue weighted by molar-refractivity contribution is 0.243. The van der Waals surface area contributed by atoms with Gasteiger partial charge in [0.25, 0.3) is 0 Å². The molecule has 0 radical (unpaired) electrons. The highest BCUT2D eigenvalue weighted by Gasteiger charge is 2.26. The van der Waals surface area contributed by atoms with E-state index in [2.05, 4.69) is 45.1 Å². The molecule has 4 heterocycles.